The van der Waals surface area contributed by atoms with Gasteiger partial charge in [-0.2, -0.15) is 0 Å². The molecule has 0 aliphatic rings. The van der Waals surface area contributed by atoms with Crippen molar-refractivity contribution in [3.8, 4) is 5.75 Å². The minimum absolute atomic E-state index is 0.291. The Bertz CT molecular complexity index is 570. The number of rotatable bonds is 3. The summed E-state index contributed by atoms with van der Waals surface area (Å²) in [5, 5.41) is 0.619. The maximum Gasteiger partial charge on any atom is 0.137 e. The molecule has 0 aliphatic carbocycles. The first-order chi connectivity index (χ1) is 8.58. The molecule has 0 spiro atoms. The average molecular weight is 330 g/mol. The Hall–Kier alpha value is -1.06. The molecule has 0 unspecified atom stereocenters. The third kappa shape index (κ3) is 3.03. The molecule has 0 amide bonds. The number of hydrogen-bond acceptors (Lipinski definition) is 1. The van der Waals surface area contributed by atoms with E-state index in [1.165, 1.54) is 6.07 Å². The molecule has 1 nitrogen and oxygen atoms in total. The van der Waals surface area contributed by atoms with Crippen LogP contribution in [0, 0.1) is 12.7 Å². The van der Waals surface area contributed by atoms with Gasteiger partial charge in [-0.1, -0.05) is 29.8 Å². The average Bonchev–Trinajstić information content (AvgIpc) is 2.35. The van der Waals surface area contributed by atoms with Crippen molar-refractivity contribution in [3.63, 3.8) is 0 Å². The summed E-state index contributed by atoms with van der Waals surface area (Å²) < 4.78 is 19.4. The van der Waals surface area contributed by atoms with Gasteiger partial charge in [0.2, 0.25) is 0 Å². The van der Waals surface area contributed by atoms with Crippen molar-refractivity contribution in [3.05, 3.63) is 62.8 Å². The van der Waals surface area contributed by atoms with E-state index >= 15 is 0 Å². The van der Waals surface area contributed by atoms with Crippen molar-refractivity contribution in [2.24, 2.45) is 0 Å². The second-order valence-corrected chi connectivity index (χ2v) is 5.14. The van der Waals surface area contributed by atoms with Crippen molar-refractivity contribution in [1.29, 1.82) is 0 Å². The lowest BCUT2D eigenvalue weighted by molar-refractivity contribution is 0.302. The van der Waals surface area contributed by atoms with Gasteiger partial charge >= 0.3 is 0 Å². The molecular weight excluding hydrogens is 319 g/mol. The molecule has 0 radical (unpaired) electrons. The fourth-order valence-electron chi connectivity index (χ4n) is 1.54. The molecule has 2 rings (SSSR count). The summed E-state index contributed by atoms with van der Waals surface area (Å²) in [4.78, 5) is 0. The summed E-state index contributed by atoms with van der Waals surface area (Å²) in [6.45, 7) is 2.23. The van der Waals surface area contributed by atoms with Crippen LogP contribution in [-0.2, 0) is 6.61 Å². The Morgan fingerprint density at radius 1 is 1.28 bits per heavy atom. The third-order valence-corrected chi connectivity index (χ3v) is 3.69. The van der Waals surface area contributed by atoms with Crippen molar-refractivity contribution in [2.75, 3.05) is 0 Å². The molecule has 0 saturated heterocycles. The van der Waals surface area contributed by atoms with E-state index in [-0.39, 0.29) is 5.82 Å². The second-order valence-electron chi connectivity index (χ2n) is 3.91. The lowest BCUT2D eigenvalue weighted by Crippen LogP contribution is -1.99. The van der Waals surface area contributed by atoms with E-state index in [1.807, 2.05) is 25.1 Å². The van der Waals surface area contributed by atoms with Crippen molar-refractivity contribution < 1.29 is 9.13 Å². The van der Waals surface area contributed by atoms with Crippen molar-refractivity contribution in [1.82, 2.24) is 0 Å². The van der Waals surface area contributed by atoms with Crippen molar-refractivity contribution in [2.45, 2.75) is 13.5 Å². The van der Waals surface area contributed by atoms with E-state index in [4.69, 9.17) is 16.3 Å². The van der Waals surface area contributed by atoms with E-state index in [0.29, 0.717) is 21.9 Å². The summed E-state index contributed by atoms with van der Waals surface area (Å²) in [6.07, 6.45) is 0. The zero-order valence-corrected chi connectivity index (χ0v) is 12.1. The zero-order chi connectivity index (χ0) is 13.1. The first-order valence-electron chi connectivity index (χ1n) is 5.40. The zero-order valence-electron chi connectivity index (χ0n) is 9.71. The van der Waals surface area contributed by atoms with Crippen LogP contribution in [0.3, 0.4) is 0 Å². The summed E-state index contributed by atoms with van der Waals surface area (Å²) in [5.74, 6) is 0.414. The van der Waals surface area contributed by atoms with Gasteiger partial charge < -0.3 is 4.74 Å². The van der Waals surface area contributed by atoms with Gasteiger partial charge in [-0.3, -0.25) is 0 Å². The largest absolute Gasteiger partial charge is 0.489 e. The Labute approximate surface area is 119 Å². The number of halogens is 3. The predicted molar refractivity (Wildman–Crippen MR) is 74.6 cm³/mol. The maximum absolute atomic E-state index is 13.3. The van der Waals surface area contributed by atoms with Crippen LogP contribution in [0.1, 0.15) is 11.1 Å². The van der Waals surface area contributed by atoms with Gasteiger partial charge in [0.05, 0.1) is 4.47 Å². The van der Waals surface area contributed by atoms with Crippen LogP contribution in [0.4, 0.5) is 4.39 Å². The SMILES string of the molecule is Cc1ccc(Cl)cc1OCc1cccc(F)c1Br. The highest BCUT2D eigenvalue weighted by Gasteiger charge is 2.07. The first-order valence-corrected chi connectivity index (χ1v) is 6.57. The minimum atomic E-state index is -0.293. The highest BCUT2D eigenvalue weighted by atomic mass is 79.9. The molecule has 0 fully saturated rings. The molecule has 2 aromatic rings. The van der Waals surface area contributed by atoms with E-state index in [0.717, 1.165) is 11.1 Å². The van der Waals surface area contributed by atoms with Crippen LogP contribution in [0.25, 0.3) is 0 Å². The van der Waals surface area contributed by atoms with Crippen LogP contribution in [0.5, 0.6) is 5.75 Å². The highest BCUT2D eigenvalue weighted by molar-refractivity contribution is 9.10. The summed E-state index contributed by atoms with van der Waals surface area (Å²) >= 11 is 9.11. The minimum Gasteiger partial charge on any atom is -0.489 e. The molecular formula is C14H11BrClFO. The van der Waals surface area contributed by atoms with Gasteiger partial charge in [0.1, 0.15) is 18.2 Å². The van der Waals surface area contributed by atoms with Gasteiger partial charge in [-0.25, -0.2) is 4.39 Å². The smallest absolute Gasteiger partial charge is 0.137 e. The van der Waals surface area contributed by atoms with Crippen LogP contribution in [-0.4, -0.2) is 0 Å². The Morgan fingerprint density at radius 2 is 2.06 bits per heavy atom. The molecule has 0 saturated carbocycles. The number of ether oxygens (including phenoxy) is 1. The standard InChI is InChI=1S/C14H11BrClFO/c1-9-5-6-11(16)7-13(9)18-8-10-3-2-4-12(17)14(10)15/h2-7H,8H2,1H3. The monoisotopic (exact) mass is 328 g/mol. The second kappa shape index (κ2) is 5.72. The number of aryl methyl sites for hydroxylation is 1. The molecule has 0 N–H and O–H groups in total. The van der Waals surface area contributed by atoms with Crippen molar-refractivity contribution >= 4 is 27.5 Å². The van der Waals surface area contributed by atoms with Crippen LogP contribution >= 0.6 is 27.5 Å². The quantitative estimate of drug-likeness (QED) is 0.758. The molecule has 94 valence electrons. The van der Waals surface area contributed by atoms with E-state index in [1.54, 1.807) is 12.1 Å². The van der Waals surface area contributed by atoms with Gasteiger partial charge in [0.25, 0.3) is 0 Å². The van der Waals surface area contributed by atoms with Gasteiger partial charge in [-0.05, 0) is 46.6 Å². The van der Waals surface area contributed by atoms with Gasteiger partial charge in [0, 0.05) is 10.6 Å². The molecule has 0 bridgehead atoms. The maximum atomic E-state index is 13.3. The molecule has 0 aromatic heterocycles. The lowest BCUT2D eigenvalue weighted by atomic mass is 10.2. The van der Waals surface area contributed by atoms with E-state index in [2.05, 4.69) is 15.9 Å². The third-order valence-electron chi connectivity index (χ3n) is 2.56. The van der Waals surface area contributed by atoms with Crippen LogP contribution in [0.2, 0.25) is 5.02 Å². The number of benzene rings is 2. The molecule has 0 heterocycles. The molecule has 18 heavy (non-hydrogen) atoms. The molecule has 4 heteroatoms. The summed E-state index contributed by atoms with van der Waals surface area (Å²) in [5.41, 5.74) is 1.75. The number of hydrogen-bond donors (Lipinski definition) is 0. The Kier molecular flexibility index (Phi) is 4.25. The topological polar surface area (TPSA) is 9.23 Å². The Balaban J connectivity index is 2.16. The summed E-state index contributed by atoms with van der Waals surface area (Å²) in [7, 11) is 0. The predicted octanol–water partition coefficient (Wildman–Crippen LogP) is 5.13. The fraction of sp³-hybridized carbons (Fsp3) is 0.143. The molecule has 0 atom stereocenters. The van der Waals surface area contributed by atoms with E-state index in [9.17, 15) is 4.39 Å². The fourth-order valence-corrected chi connectivity index (χ4v) is 2.09. The summed E-state index contributed by atoms with van der Waals surface area (Å²) in [6, 6.07) is 10.3. The van der Waals surface area contributed by atoms with Crippen LogP contribution < -0.4 is 4.74 Å². The Morgan fingerprint density at radius 3 is 2.83 bits per heavy atom. The first kappa shape index (κ1) is 13.4. The highest BCUT2D eigenvalue weighted by Crippen LogP contribution is 2.26. The molecule has 2 aromatic carbocycles. The normalized spacial score (nSPS) is 10.4. The lowest BCUT2D eigenvalue weighted by Gasteiger charge is -2.11. The van der Waals surface area contributed by atoms with Gasteiger partial charge in [-0.15, -0.1) is 0 Å². The molecule has 0 aliphatic heterocycles. The van der Waals surface area contributed by atoms with E-state index < -0.39 is 0 Å². The van der Waals surface area contributed by atoms with Crippen LogP contribution in [0.15, 0.2) is 40.9 Å². The van der Waals surface area contributed by atoms with Gasteiger partial charge in [0.15, 0.2) is 0 Å².